The van der Waals surface area contributed by atoms with Crippen LogP contribution in [0.3, 0.4) is 0 Å². The van der Waals surface area contributed by atoms with Crippen molar-refractivity contribution in [2.75, 3.05) is 26.4 Å². The minimum atomic E-state index is -1.67. The van der Waals surface area contributed by atoms with Crippen molar-refractivity contribution in [1.82, 2.24) is 0 Å². The number of carbonyl (C=O) groups excluding carboxylic acids is 5. The summed E-state index contributed by atoms with van der Waals surface area (Å²) in [6.45, 7) is 6.59. The Bertz CT molecular complexity index is 746. The number of rotatable bonds is 11. The fourth-order valence-electron chi connectivity index (χ4n) is 2.63. The van der Waals surface area contributed by atoms with E-state index in [0.717, 1.165) is 20.8 Å². The molecule has 1 aliphatic heterocycles. The molecule has 13 heteroatoms. The number of esters is 5. The SMILES string of the molecule is C=C(C)C(=O)OCCOC(=O)CO[C@H]1O[C@H](COC(C)=O)[C@@H](OC(C)=O)[C@H](OC(C)=O)[C@H]1O. The lowest BCUT2D eigenvalue weighted by molar-refractivity contribution is -0.305. The summed E-state index contributed by atoms with van der Waals surface area (Å²) < 4.78 is 35.4. The van der Waals surface area contributed by atoms with Crippen molar-refractivity contribution in [3.63, 3.8) is 0 Å². The lowest BCUT2D eigenvalue weighted by atomic mass is 9.98. The Balaban J connectivity index is 2.77. The summed E-state index contributed by atoms with van der Waals surface area (Å²) in [6.07, 6.45) is -7.15. The van der Waals surface area contributed by atoms with Crippen LogP contribution in [0.5, 0.6) is 0 Å². The lowest BCUT2D eigenvalue weighted by Crippen LogP contribution is -2.62. The Kier molecular flexibility index (Phi) is 11.5. The van der Waals surface area contributed by atoms with Gasteiger partial charge in [0.05, 0.1) is 0 Å². The second kappa shape index (κ2) is 13.5. The van der Waals surface area contributed by atoms with Crippen LogP contribution in [0, 0.1) is 0 Å². The third-order valence-electron chi connectivity index (χ3n) is 3.96. The smallest absolute Gasteiger partial charge is 0.333 e. The number of aliphatic hydroxyl groups is 1. The van der Waals surface area contributed by atoms with Crippen LogP contribution in [-0.2, 0) is 57.1 Å². The van der Waals surface area contributed by atoms with E-state index in [9.17, 15) is 29.1 Å². The molecular weight excluding hydrogens is 448 g/mol. The molecule has 5 atom stereocenters. The van der Waals surface area contributed by atoms with Gasteiger partial charge in [0, 0.05) is 26.3 Å². The average Bonchev–Trinajstić information content (AvgIpc) is 2.71. The highest BCUT2D eigenvalue weighted by Gasteiger charge is 2.50. The molecule has 1 N–H and O–H groups in total. The van der Waals surface area contributed by atoms with Gasteiger partial charge >= 0.3 is 29.8 Å². The lowest BCUT2D eigenvalue weighted by Gasteiger charge is -2.42. The van der Waals surface area contributed by atoms with Gasteiger partial charge in [-0.05, 0) is 6.92 Å². The summed E-state index contributed by atoms with van der Waals surface area (Å²) in [5.41, 5.74) is 0.186. The first-order valence-electron chi connectivity index (χ1n) is 9.83. The highest BCUT2D eigenvalue weighted by Crippen LogP contribution is 2.27. The molecule has 0 bridgehead atoms. The third kappa shape index (κ3) is 9.97. The van der Waals surface area contributed by atoms with E-state index in [4.69, 9.17) is 33.2 Å². The van der Waals surface area contributed by atoms with E-state index in [-0.39, 0.29) is 18.8 Å². The fourth-order valence-corrected chi connectivity index (χ4v) is 2.63. The molecule has 1 saturated heterocycles. The summed E-state index contributed by atoms with van der Waals surface area (Å²) in [4.78, 5) is 57.3. The predicted octanol–water partition coefficient (Wildman–Crippen LogP) is -0.822. The van der Waals surface area contributed by atoms with Gasteiger partial charge in [-0.25, -0.2) is 9.59 Å². The van der Waals surface area contributed by atoms with Crippen molar-refractivity contribution in [2.24, 2.45) is 0 Å². The van der Waals surface area contributed by atoms with E-state index in [1.54, 1.807) is 0 Å². The first-order valence-corrected chi connectivity index (χ1v) is 9.83. The molecule has 1 heterocycles. The van der Waals surface area contributed by atoms with E-state index < -0.39 is 73.8 Å². The maximum absolute atomic E-state index is 11.9. The number of ether oxygens (including phenoxy) is 7. The Labute approximate surface area is 189 Å². The van der Waals surface area contributed by atoms with E-state index in [2.05, 4.69) is 6.58 Å². The second-order valence-corrected chi connectivity index (χ2v) is 6.93. The second-order valence-electron chi connectivity index (χ2n) is 6.93. The standard InChI is InChI=1S/C20H28O13/c1-10(2)19(26)28-7-6-27-15(24)9-30-20-16(25)18(32-13(5)23)17(31-12(4)22)14(33-20)8-29-11(3)21/h14,16-18,20,25H,1,6-9H2,2-5H3/t14-,16-,17-,18-,20+/m1/s1. The molecule has 0 amide bonds. The summed E-state index contributed by atoms with van der Waals surface area (Å²) in [5.74, 6) is -3.75. The fraction of sp³-hybridized carbons (Fsp3) is 0.650. The molecule has 0 radical (unpaired) electrons. The first kappa shape index (κ1) is 28.0. The summed E-state index contributed by atoms with van der Waals surface area (Å²) >= 11 is 0. The van der Waals surface area contributed by atoms with E-state index >= 15 is 0 Å². The van der Waals surface area contributed by atoms with Gasteiger partial charge in [0.25, 0.3) is 0 Å². The minimum absolute atomic E-state index is 0.186. The highest BCUT2D eigenvalue weighted by molar-refractivity contribution is 5.86. The Hall–Kier alpha value is -3.03. The van der Waals surface area contributed by atoms with Gasteiger partial charge in [-0.15, -0.1) is 0 Å². The predicted molar refractivity (Wildman–Crippen MR) is 105 cm³/mol. The molecule has 0 saturated carbocycles. The van der Waals surface area contributed by atoms with Crippen LogP contribution in [0.15, 0.2) is 12.2 Å². The number of hydrogen-bond donors (Lipinski definition) is 1. The minimum Gasteiger partial charge on any atom is -0.463 e. The zero-order chi connectivity index (χ0) is 25.1. The van der Waals surface area contributed by atoms with Crippen LogP contribution in [0.2, 0.25) is 0 Å². The molecule has 1 fully saturated rings. The molecule has 1 aliphatic rings. The number of hydrogen-bond acceptors (Lipinski definition) is 13. The average molecular weight is 476 g/mol. The topological polar surface area (TPSA) is 170 Å². The van der Waals surface area contributed by atoms with Gasteiger partial charge in [0.2, 0.25) is 0 Å². The van der Waals surface area contributed by atoms with Crippen LogP contribution < -0.4 is 0 Å². The molecule has 0 aromatic heterocycles. The van der Waals surface area contributed by atoms with Crippen LogP contribution in [0.4, 0.5) is 0 Å². The van der Waals surface area contributed by atoms with Crippen molar-refractivity contribution >= 4 is 29.8 Å². The molecule has 33 heavy (non-hydrogen) atoms. The molecular formula is C20H28O13. The van der Waals surface area contributed by atoms with Crippen molar-refractivity contribution in [3.8, 4) is 0 Å². The highest BCUT2D eigenvalue weighted by atomic mass is 16.7. The first-order chi connectivity index (χ1) is 15.4. The Morgan fingerprint density at radius 1 is 0.848 bits per heavy atom. The molecule has 0 aromatic carbocycles. The molecule has 0 spiro atoms. The van der Waals surface area contributed by atoms with Crippen molar-refractivity contribution in [3.05, 3.63) is 12.2 Å². The van der Waals surface area contributed by atoms with Crippen LogP contribution in [-0.4, -0.2) is 92.1 Å². The van der Waals surface area contributed by atoms with Gasteiger partial charge in [0.1, 0.15) is 38.6 Å². The van der Waals surface area contributed by atoms with Crippen molar-refractivity contribution in [2.45, 2.75) is 58.4 Å². The quantitative estimate of drug-likeness (QED) is 0.170. The van der Waals surface area contributed by atoms with Gasteiger partial charge in [-0.3, -0.25) is 14.4 Å². The normalized spacial score (nSPS) is 24.2. The summed E-state index contributed by atoms with van der Waals surface area (Å²) in [5, 5.41) is 10.6. The largest absolute Gasteiger partial charge is 0.463 e. The Morgan fingerprint density at radius 3 is 1.97 bits per heavy atom. The number of carbonyl (C=O) groups is 5. The van der Waals surface area contributed by atoms with Gasteiger partial charge in [-0.1, -0.05) is 6.58 Å². The van der Waals surface area contributed by atoms with Crippen LogP contribution >= 0.6 is 0 Å². The monoisotopic (exact) mass is 476 g/mol. The molecule has 0 aliphatic carbocycles. The zero-order valence-electron chi connectivity index (χ0n) is 18.8. The van der Waals surface area contributed by atoms with Gasteiger partial charge < -0.3 is 38.3 Å². The van der Waals surface area contributed by atoms with Crippen molar-refractivity contribution in [1.29, 1.82) is 0 Å². The van der Waals surface area contributed by atoms with E-state index in [1.807, 2.05) is 0 Å². The van der Waals surface area contributed by atoms with E-state index in [0.29, 0.717) is 0 Å². The molecule has 186 valence electrons. The van der Waals surface area contributed by atoms with Crippen LogP contribution in [0.1, 0.15) is 27.7 Å². The van der Waals surface area contributed by atoms with Crippen molar-refractivity contribution < 1.29 is 62.2 Å². The maximum Gasteiger partial charge on any atom is 0.333 e. The van der Waals surface area contributed by atoms with Gasteiger partial charge in [-0.2, -0.15) is 0 Å². The summed E-state index contributed by atoms with van der Waals surface area (Å²) in [7, 11) is 0. The third-order valence-corrected chi connectivity index (χ3v) is 3.96. The molecule has 1 rings (SSSR count). The van der Waals surface area contributed by atoms with E-state index in [1.165, 1.54) is 6.92 Å². The maximum atomic E-state index is 11.9. The Morgan fingerprint density at radius 2 is 1.42 bits per heavy atom. The van der Waals surface area contributed by atoms with Gasteiger partial charge in [0.15, 0.2) is 18.5 Å². The number of aliphatic hydroxyl groups excluding tert-OH is 1. The van der Waals surface area contributed by atoms with Crippen LogP contribution in [0.25, 0.3) is 0 Å². The zero-order valence-corrected chi connectivity index (χ0v) is 18.8. The summed E-state index contributed by atoms with van der Waals surface area (Å²) in [6, 6.07) is 0. The molecule has 13 nitrogen and oxygen atoms in total. The molecule has 0 unspecified atom stereocenters. The molecule has 0 aromatic rings.